The van der Waals surface area contributed by atoms with Crippen molar-refractivity contribution < 1.29 is 19.4 Å². The Morgan fingerprint density at radius 3 is 2.17 bits per heavy atom. The summed E-state index contributed by atoms with van der Waals surface area (Å²) in [4.78, 5) is 0. The fraction of sp³-hybridized carbons (Fsp3) is 1.00. The minimum atomic E-state index is -0.286. The lowest BCUT2D eigenvalue weighted by molar-refractivity contribution is 0.0308. The van der Waals surface area contributed by atoms with Gasteiger partial charge in [-0.2, -0.15) is 0 Å². The summed E-state index contributed by atoms with van der Waals surface area (Å²) in [6.45, 7) is 6.04. The predicted octanol–water partition coefficient (Wildman–Crippen LogP) is -0.513. The van der Waals surface area contributed by atoms with Crippen molar-refractivity contribution in [2.45, 2.75) is 26.9 Å². The zero-order chi connectivity index (χ0) is 9.61. The van der Waals surface area contributed by atoms with Crippen molar-refractivity contribution in [3.05, 3.63) is 0 Å². The van der Waals surface area contributed by atoms with E-state index in [9.17, 15) is 0 Å². The highest BCUT2D eigenvalue weighted by Crippen LogP contribution is 2.21. The first-order valence-corrected chi connectivity index (χ1v) is 3.71. The van der Waals surface area contributed by atoms with E-state index in [1.807, 2.05) is 20.8 Å². The van der Waals surface area contributed by atoms with Crippen LogP contribution in [0.1, 0.15) is 20.8 Å². The van der Waals surface area contributed by atoms with Gasteiger partial charge in [0.2, 0.25) is 0 Å². The molecule has 0 aromatic carbocycles. The molecule has 2 N–H and O–H groups in total. The van der Waals surface area contributed by atoms with Gasteiger partial charge in [0.25, 0.3) is 0 Å². The summed E-state index contributed by atoms with van der Waals surface area (Å²) in [7, 11) is 1.25. The summed E-state index contributed by atoms with van der Waals surface area (Å²) >= 11 is 0. The summed E-state index contributed by atoms with van der Waals surface area (Å²) in [6, 6.07) is 0. The Morgan fingerprint density at radius 2 is 1.83 bits per heavy atom. The fourth-order valence-corrected chi connectivity index (χ4v) is 0.697. The molecule has 0 rings (SSSR count). The Kier molecular flexibility index (Phi) is 5.57. The Morgan fingerprint density at radius 1 is 1.25 bits per heavy atom. The molecular formula is C6H14B2O4. The molecule has 0 aromatic rings. The average Bonchev–Trinajstić information content (AvgIpc) is 1.95. The molecule has 0 saturated heterocycles. The van der Waals surface area contributed by atoms with Crippen LogP contribution in [-0.2, 0) is 9.31 Å². The van der Waals surface area contributed by atoms with Gasteiger partial charge in [0.05, 0.1) is 12.7 Å². The highest BCUT2D eigenvalue weighted by molar-refractivity contribution is 6.16. The summed E-state index contributed by atoms with van der Waals surface area (Å²) < 4.78 is 9.53. The lowest BCUT2D eigenvalue weighted by Gasteiger charge is -2.29. The van der Waals surface area contributed by atoms with Gasteiger partial charge in [-0.1, -0.05) is 20.8 Å². The largest absolute Gasteiger partial charge is 0.485 e. The SMILES string of the molecule is CC(C)(C)C(CO[B]O)O[B]O. The van der Waals surface area contributed by atoms with E-state index in [1.165, 1.54) is 0 Å². The van der Waals surface area contributed by atoms with Gasteiger partial charge in [-0.15, -0.1) is 0 Å². The Bertz CT molecular complexity index is 115. The van der Waals surface area contributed by atoms with Crippen LogP contribution in [0.4, 0.5) is 0 Å². The molecule has 6 heteroatoms. The smallest absolute Gasteiger partial charge is 0.429 e. The van der Waals surface area contributed by atoms with Crippen LogP contribution in [0.15, 0.2) is 0 Å². The molecule has 1 unspecified atom stereocenters. The van der Waals surface area contributed by atoms with Crippen molar-refractivity contribution in [2.75, 3.05) is 6.61 Å². The molecule has 68 valence electrons. The summed E-state index contributed by atoms with van der Waals surface area (Å²) in [6.07, 6.45) is -0.286. The molecule has 12 heavy (non-hydrogen) atoms. The zero-order valence-corrected chi connectivity index (χ0v) is 7.65. The van der Waals surface area contributed by atoms with E-state index >= 15 is 0 Å². The molecule has 0 fully saturated rings. The van der Waals surface area contributed by atoms with Gasteiger partial charge in [-0.25, -0.2) is 0 Å². The molecule has 0 aromatic heterocycles. The monoisotopic (exact) mass is 172 g/mol. The molecule has 4 nitrogen and oxygen atoms in total. The van der Waals surface area contributed by atoms with Crippen molar-refractivity contribution >= 4 is 15.4 Å². The van der Waals surface area contributed by atoms with Crippen molar-refractivity contribution in [2.24, 2.45) is 5.41 Å². The minimum absolute atomic E-state index is 0.151. The van der Waals surface area contributed by atoms with Crippen LogP contribution in [0.3, 0.4) is 0 Å². The highest BCUT2D eigenvalue weighted by Gasteiger charge is 2.25. The van der Waals surface area contributed by atoms with E-state index in [0.717, 1.165) is 0 Å². The summed E-state index contributed by atoms with van der Waals surface area (Å²) in [5.41, 5.74) is -0.151. The molecule has 1 atom stereocenters. The normalized spacial score (nSPS) is 14.1. The topological polar surface area (TPSA) is 58.9 Å². The first-order valence-electron chi connectivity index (χ1n) is 3.71. The molecule has 0 aliphatic rings. The lowest BCUT2D eigenvalue weighted by atomic mass is 9.89. The average molecular weight is 172 g/mol. The van der Waals surface area contributed by atoms with Gasteiger partial charge >= 0.3 is 15.4 Å². The van der Waals surface area contributed by atoms with E-state index in [0.29, 0.717) is 15.4 Å². The van der Waals surface area contributed by atoms with Gasteiger partial charge in [0.1, 0.15) is 0 Å². The van der Waals surface area contributed by atoms with Crippen LogP contribution >= 0.6 is 0 Å². The third-order valence-corrected chi connectivity index (χ3v) is 1.51. The van der Waals surface area contributed by atoms with Gasteiger partial charge in [0, 0.05) is 0 Å². The Balaban J connectivity index is 3.86. The number of rotatable bonds is 5. The van der Waals surface area contributed by atoms with Crippen molar-refractivity contribution in [3.63, 3.8) is 0 Å². The highest BCUT2D eigenvalue weighted by atomic mass is 16.6. The minimum Gasteiger partial charge on any atom is -0.429 e. The van der Waals surface area contributed by atoms with Crippen LogP contribution in [0.5, 0.6) is 0 Å². The van der Waals surface area contributed by atoms with Gasteiger partial charge in [0.15, 0.2) is 0 Å². The van der Waals surface area contributed by atoms with Gasteiger partial charge < -0.3 is 19.4 Å². The second-order valence-electron chi connectivity index (χ2n) is 3.53. The maximum absolute atomic E-state index is 8.42. The maximum atomic E-state index is 8.42. The van der Waals surface area contributed by atoms with Crippen LogP contribution in [0.25, 0.3) is 0 Å². The van der Waals surface area contributed by atoms with Crippen molar-refractivity contribution in [1.82, 2.24) is 0 Å². The van der Waals surface area contributed by atoms with Crippen molar-refractivity contribution in [3.8, 4) is 0 Å². The van der Waals surface area contributed by atoms with Gasteiger partial charge in [-0.3, -0.25) is 0 Å². The molecule has 0 heterocycles. The third-order valence-electron chi connectivity index (χ3n) is 1.51. The fourth-order valence-electron chi connectivity index (χ4n) is 0.697. The molecule has 0 saturated carbocycles. The van der Waals surface area contributed by atoms with Gasteiger partial charge in [-0.05, 0) is 5.41 Å². The Labute approximate surface area is 74.5 Å². The molecule has 0 spiro atoms. The molecule has 0 bridgehead atoms. The number of hydrogen-bond acceptors (Lipinski definition) is 4. The molecular weight excluding hydrogens is 158 g/mol. The van der Waals surface area contributed by atoms with Crippen molar-refractivity contribution in [1.29, 1.82) is 0 Å². The predicted molar refractivity (Wildman–Crippen MR) is 46.2 cm³/mol. The first-order chi connectivity index (χ1) is 5.52. The second-order valence-corrected chi connectivity index (χ2v) is 3.53. The lowest BCUT2D eigenvalue weighted by Crippen LogP contribution is -2.35. The molecule has 2 radical (unpaired) electrons. The van der Waals surface area contributed by atoms with Crippen LogP contribution in [-0.4, -0.2) is 38.1 Å². The van der Waals surface area contributed by atoms with Crippen LogP contribution in [0, 0.1) is 5.41 Å². The molecule has 0 amide bonds. The third kappa shape index (κ3) is 4.77. The molecule has 0 aliphatic carbocycles. The van der Waals surface area contributed by atoms with E-state index in [4.69, 9.17) is 14.7 Å². The maximum Gasteiger partial charge on any atom is 0.485 e. The second kappa shape index (κ2) is 5.59. The zero-order valence-electron chi connectivity index (χ0n) is 7.65. The summed E-state index contributed by atoms with van der Waals surface area (Å²) in [5, 5.41) is 16.7. The van der Waals surface area contributed by atoms with E-state index in [1.54, 1.807) is 0 Å². The first kappa shape index (κ1) is 12.0. The van der Waals surface area contributed by atoms with E-state index in [-0.39, 0.29) is 18.1 Å². The Hall–Kier alpha value is -0.0301. The quantitative estimate of drug-likeness (QED) is 0.548. The van der Waals surface area contributed by atoms with Crippen LogP contribution in [0.2, 0.25) is 0 Å². The summed E-state index contributed by atoms with van der Waals surface area (Å²) in [5.74, 6) is 0. The molecule has 0 aliphatic heterocycles. The standard InChI is InChI=1S/C6H14B2O4/c1-6(2,3)5(12-8-10)4-11-7-9/h5,9-10H,4H2,1-3H3. The van der Waals surface area contributed by atoms with Crippen LogP contribution < -0.4 is 0 Å². The number of hydrogen-bond donors (Lipinski definition) is 2. The van der Waals surface area contributed by atoms with E-state index in [2.05, 4.69) is 4.65 Å². The van der Waals surface area contributed by atoms with E-state index < -0.39 is 0 Å².